The zero-order valence-corrected chi connectivity index (χ0v) is 19.8. The van der Waals surface area contributed by atoms with Gasteiger partial charge in [-0.1, -0.05) is 36.4 Å². The van der Waals surface area contributed by atoms with E-state index in [1.807, 2.05) is 54.6 Å². The molecule has 1 aromatic heterocycles. The van der Waals surface area contributed by atoms with Crippen LogP contribution in [0.2, 0.25) is 0 Å². The van der Waals surface area contributed by atoms with Gasteiger partial charge in [-0.2, -0.15) is 0 Å². The Kier molecular flexibility index (Phi) is 6.98. The SMILES string of the molecule is COc1ccc(NC(=O)N(C)CC(Oc2cccc3sc(C(=N)N)cc23)c2ccccc2)cc1. The number of amidine groups is 1. The maximum Gasteiger partial charge on any atom is 0.321 e. The van der Waals surface area contributed by atoms with Gasteiger partial charge in [0.1, 0.15) is 23.4 Å². The van der Waals surface area contributed by atoms with E-state index in [9.17, 15) is 4.79 Å². The van der Waals surface area contributed by atoms with E-state index >= 15 is 0 Å². The molecule has 1 atom stereocenters. The van der Waals surface area contributed by atoms with Crippen LogP contribution in [-0.4, -0.2) is 37.5 Å². The first-order valence-corrected chi connectivity index (χ1v) is 11.5. The van der Waals surface area contributed by atoms with Crippen molar-refractivity contribution >= 4 is 39.0 Å². The summed E-state index contributed by atoms with van der Waals surface area (Å²) in [5.74, 6) is 1.43. The molecule has 0 fully saturated rings. The lowest BCUT2D eigenvalue weighted by Gasteiger charge is -2.26. The third-order valence-electron chi connectivity index (χ3n) is 5.36. The number of nitrogens with two attached hydrogens (primary N) is 1. The number of amides is 2. The van der Waals surface area contributed by atoms with E-state index < -0.39 is 6.10 Å². The summed E-state index contributed by atoms with van der Waals surface area (Å²) in [5, 5.41) is 11.5. The number of hydrogen-bond donors (Lipinski definition) is 3. The average Bonchev–Trinajstić information content (AvgIpc) is 3.30. The lowest BCUT2D eigenvalue weighted by atomic mass is 10.1. The zero-order chi connectivity index (χ0) is 24.1. The van der Waals surface area contributed by atoms with E-state index in [0.717, 1.165) is 21.4 Å². The van der Waals surface area contributed by atoms with Crippen molar-refractivity contribution < 1.29 is 14.3 Å². The van der Waals surface area contributed by atoms with E-state index in [2.05, 4.69) is 5.32 Å². The Hall–Kier alpha value is -4.04. The van der Waals surface area contributed by atoms with Crippen molar-refractivity contribution in [3.8, 4) is 11.5 Å². The number of fused-ring (bicyclic) bond motifs is 1. The maximum atomic E-state index is 12.9. The number of rotatable bonds is 8. The van der Waals surface area contributed by atoms with Crippen LogP contribution in [0.3, 0.4) is 0 Å². The van der Waals surface area contributed by atoms with E-state index in [-0.39, 0.29) is 11.9 Å². The van der Waals surface area contributed by atoms with Gasteiger partial charge >= 0.3 is 6.03 Å². The highest BCUT2D eigenvalue weighted by atomic mass is 32.1. The summed E-state index contributed by atoms with van der Waals surface area (Å²) in [6, 6.07) is 24.4. The Morgan fingerprint density at radius 2 is 1.82 bits per heavy atom. The van der Waals surface area contributed by atoms with E-state index in [0.29, 0.717) is 22.9 Å². The van der Waals surface area contributed by atoms with Gasteiger partial charge in [0, 0.05) is 22.8 Å². The number of hydrogen-bond acceptors (Lipinski definition) is 5. The minimum absolute atomic E-state index is 0.0293. The van der Waals surface area contributed by atoms with Crippen LogP contribution in [0.5, 0.6) is 11.5 Å². The summed E-state index contributed by atoms with van der Waals surface area (Å²) >= 11 is 1.45. The number of carbonyl (C=O) groups is 1. The number of methoxy groups -OCH3 is 1. The molecule has 1 heterocycles. The second kappa shape index (κ2) is 10.3. The smallest absolute Gasteiger partial charge is 0.321 e. The first-order chi connectivity index (χ1) is 16.4. The molecule has 0 radical (unpaired) electrons. The summed E-state index contributed by atoms with van der Waals surface area (Å²) < 4.78 is 12.6. The normalized spacial score (nSPS) is 11.6. The summed E-state index contributed by atoms with van der Waals surface area (Å²) in [5.41, 5.74) is 7.32. The Bertz CT molecular complexity index is 1290. The Morgan fingerprint density at radius 1 is 1.09 bits per heavy atom. The summed E-state index contributed by atoms with van der Waals surface area (Å²) in [4.78, 5) is 15.2. The molecule has 2 amide bonds. The van der Waals surface area contributed by atoms with Gasteiger partial charge < -0.3 is 25.4 Å². The molecule has 174 valence electrons. The molecule has 8 heteroatoms. The van der Waals surface area contributed by atoms with Crippen LogP contribution >= 0.6 is 11.3 Å². The molecule has 3 aromatic carbocycles. The van der Waals surface area contributed by atoms with E-state index in [4.69, 9.17) is 20.6 Å². The molecule has 4 N–H and O–H groups in total. The predicted octanol–water partition coefficient (Wildman–Crippen LogP) is 5.48. The van der Waals surface area contributed by atoms with Gasteiger partial charge in [-0.05, 0) is 48.0 Å². The number of anilines is 1. The fourth-order valence-corrected chi connectivity index (χ4v) is 4.47. The number of carbonyl (C=O) groups excluding carboxylic acids is 1. The Balaban J connectivity index is 1.55. The third kappa shape index (κ3) is 5.29. The second-order valence-electron chi connectivity index (χ2n) is 7.75. The van der Waals surface area contributed by atoms with Crippen LogP contribution < -0.4 is 20.5 Å². The highest BCUT2D eigenvalue weighted by Crippen LogP contribution is 2.35. The molecule has 0 aliphatic rings. The summed E-state index contributed by atoms with van der Waals surface area (Å²) in [6.45, 7) is 0.325. The van der Waals surface area contributed by atoms with Gasteiger partial charge in [-0.3, -0.25) is 5.41 Å². The molecule has 0 aliphatic heterocycles. The van der Waals surface area contributed by atoms with Gasteiger partial charge in [-0.15, -0.1) is 11.3 Å². The molecule has 0 saturated carbocycles. The first kappa shape index (κ1) is 23.1. The van der Waals surface area contributed by atoms with E-state index in [1.54, 1.807) is 43.3 Å². The third-order valence-corrected chi connectivity index (χ3v) is 6.49. The number of nitrogens with one attached hydrogen (secondary N) is 2. The van der Waals surface area contributed by atoms with Crippen molar-refractivity contribution in [2.45, 2.75) is 6.10 Å². The molecule has 4 rings (SSSR count). The Labute approximate surface area is 202 Å². The van der Waals surface area contributed by atoms with Crippen LogP contribution in [0, 0.1) is 5.41 Å². The number of urea groups is 1. The molecule has 1 unspecified atom stereocenters. The molecule has 0 aliphatic carbocycles. The molecule has 4 aromatic rings. The van der Waals surface area contributed by atoms with Crippen LogP contribution in [0.15, 0.2) is 78.9 Å². The van der Waals surface area contributed by atoms with Crippen LogP contribution in [0.1, 0.15) is 16.5 Å². The van der Waals surface area contributed by atoms with Crippen molar-refractivity contribution in [1.29, 1.82) is 5.41 Å². The number of nitrogens with zero attached hydrogens (tertiary/aromatic N) is 1. The molecule has 34 heavy (non-hydrogen) atoms. The quantitative estimate of drug-likeness (QED) is 0.233. The van der Waals surface area contributed by atoms with Crippen LogP contribution in [-0.2, 0) is 0 Å². The number of benzene rings is 3. The van der Waals surface area contributed by atoms with Gasteiger partial charge in [0.15, 0.2) is 0 Å². The number of thiophene rings is 1. The molecular formula is C26H26N4O3S. The summed E-state index contributed by atoms with van der Waals surface area (Å²) in [6.07, 6.45) is -0.404. The molecule has 7 nitrogen and oxygen atoms in total. The maximum absolute atomic E-state index is 12.9. The predicted molar refractivity (Wildman–Crippen MR) is 137 cm³/mol. The van der Waals surface area contributed by atoms with Gasteiger partial charge in [0.05, 0.1) is 18.5 Å². The van der Waals surface area contributed by atoms with Gasteiger partial charge in [-0.25, -0.2) is 4.79 Å². The second-order valence-corrected chi connectivity index (χ2v) is 8.83. The highest BCUT2D eigenvalue weighted by Gasteiger charge is 2.21. The van der Waals surface area contributed by atoms with Crippen molar-refractivity contribution in [1.82, 2.24) is 4.90 Å². The number of ether oxygens (including phenoxy) is 2. The van der Waals surface area contributed by atoms with Crippen molar-refractivity contribution in [3.05, 3.63) is 89.3 Å². The average molecular weight is 475 g/mol. The topological polar surface area (TPSA) is 101 Å². The highest BCUT2D eigenvalue weighted by molar-refractivity contribution is 7.20. The number of likely N-dealkylation sites (N-methyl/N-ethyl adjacent to an activating group) is 1. The van der Waals surface area contributed by atoms with Crippen molar-refractivity contribution in [2.75, 3.05) is 26.0 Å². The summed E-state index contributed by atoms with van der Waals surface area (Å²) in [7, 11) is 3.33. The standard InChI is InChI=1S/C26H26N4O3S/c1-30(26(31)29-18-11-13-19(32-2)14-12-18)16-22(17-7-4-3-5-8-17)33-21-9-6-10-23-20(21)15-24(34-23)25(27)28/h3-15,22H,16H2,1-2H3,(H3,27,28)(H,29,31). The Morgan fingerprint density at radius 3 is 2.50 bits per heavy atom. The minimum atomic E-state index is -0.404. The minimum Gasteiger partial charge on any atom is -0.497 e. The molecule has 0 saturated heterocycles. The number of nitrogen functional groups attached to an aromatic ring is 1. The monoisotopic (exact) mass is 474 g/mol. The van der Waals surface area contributed by atoms with Crippen LogP contribution in [0.4, 0.5) is 10.5 Å². The molecule has 0 spiro atoms. The lowest BCUT2D eigenvalue weighted by Crippen LogP contribution is -2.36. The fraction of sp³-hybridized carbons (Fsp3) is 0.154. The zero-order valence-electron chi connectivity index (χ0n) is 18.9. The fourth-order valence-electron chi connectivity index (χ4n) is 3.53. The lowest BCUT2D eigenvalue weighted by molar-refractivity contribution is 0.157. The molecule has 0 bridgehead atoms. The van der Waals surface area contributed by atoms with Crippen molar-refractivity contribution in [2.24, 2.45) is 5.73 Å². The largest absolute Gasteiger partial charge is 0.497 e. The molecular weight excluding hydrogens is 448 g/mol. The van der Waals surface area contributed by atoms with Crippen LogP contribution in [0.25, 0.3) is 10.1 Å². The van der Waals surface area contributed by atoms with Gasteiger partial charge in [0.2, 0.25) is 0 Å². The first-order valence-electron chi connectivity index (χ1n) is 10.7. The van der Waals surface area contributed by atoms with Gasteiger partial charge in [0.25, 0.3) is 0 Å². The van der Waals surface area contributed by atoms with Crippen molar-refractivity contribution in [3.63, 3.8) is 0 Å². The van der Waals surface area contributed by atoms with E-state index in [1.165, 1.54) is 11.3 Å².